The largest absolute Gasteiger partial charge is 0.314 e. The van der Waals surface area contributed by atoms with E-state index < -0.39 is 5.67 Å². The number of nitrogens with one attached hydrogen (secondary N) is 1. The Hall–Kier alpha value is -0.410. The van der Waals surface area contributed by atoms with Crippen LogP contribution in [0.2, 0.25) is 0 Å². The zero-order valence-electron chi connectivity index (χ0n) is 8.60. The third kappa shape index (κ3) is 3.02. The van der Waals surface area contributed by atoms with Crippen molar-refractivity contribution in [3.8, 4) is 0 Å². The van der Waals surface area contributed by atoms with Crippen LogP contribution < -0.4 is 5.32 Å². The molecule has 82 valence electrons. The molecule has 15 heavy (non-hydrogen) atoms. The predicted molar refractivity (Wildman–Crippen MR) is 63.8 cm³/mol. The summed E-state index contributed by atoms with van der Waals surface area (Å²) >= 11 is 3.38. The summed E-state index contributed by atoms with van der Waals surface area (Å²) in [7, 11) is 0. The highest BCUT2D eigenvalue weighted by molar-refractivity contribution is 9.10. The standard InChI is InChI=1S/C12H15BrFN/c13-11-4-2-10(3-5-11)8-12(14)6-1-7-15-9-12/h2-5,15H,1,6-9H2. The molecule has 1 unspecified atom stereocenters. The monoisotopic (exact) mass is 271 g/mol. The van der Waals surface area contributed by atoms with Crippen LogP contribution in [0.25, 0.3) is 0 Å². The van der Waals surface area contributed by atoms with Crippen molar-refractivity contribution >= 4 is 15.9 Å². The Bertz CT molecular complexity index is 317. The molecular weight excluding hydrogens is 257 g/mol. The highest BCUT2D eigenvalue weighted by Crippen LogP contribution is 2.26. The highest BCUT2D eigenvalue weighted by atomic mass is 79.9. The highest BCUT2D eigenvalue weighted by Gasteiger charge is 2.31. The molecule has 0 spiro atoms. The first-order valence-corrected chi connectivity index (χ1v) is 6.11. The lowest BCUT2D eigenvalue weighted by Gasteiger charge is -2.30. The average molecular weight is 272 g/mol. The van der Waals surface area contributed by atoms with E-state index in [1.54, 1.807) is 0 Å². The van der Waals surface area contributed by atoms with E-state index >= 15 is 0 Å². The molecule has 1 aromatic carbocycles. The van der Waals surface area contributed by atoms with E-state index in [0.717, 1.165) is 23.0 Å². The fourth-order valence-corrected chi connectivity index (χ4v) is 2.31. The summed E-state index contributed by atoms with van der Waals surface area (Å²) in [6.07, 6.45) is 2.14. The third-order valence-corrected chi connectivity index (χ3v) is 3.38. The van der Waals surface area contributed by atoms with Crippen molar-refractivity contribution < 1.29 is 4.39 Å². The lowest BCUT2D eigenvalue weighted by molar-refractivity contribution is 0.122. The van der Waals surface area contributed by atoms with Crippen LogP contribution in [0, 0.1) is 0 Å². The van der Waals surface area contributed by atoms with Crippen LogP contribution in [0.15, 0.2) is 28.7 Å². The first-order chi connectivity index (χ1) is 7.18. The van der Waals surface area contributed by atoms with Gasteiger partial charge in [0.05, 0.1) is 0 Å². The van der Waals surface area contributed by atoms with Crippen LogP contribution in [-0.2, 0) is 6.42 Å². The Morgan fingerprint density at radius 1 is 1.33 bits per heavy atom. The number of alkyl halides is 1. The van der Waals surface area contributed by atoms with Crippen molar-refractivity contribution in [3.63, 3.8) is 0 Å². The van der Waals surface area contributed by atoms with Crippen LogP contribution in [0.4, 0.5) is 4.39 Å². The number of rotatable bonds is 2. The minimum atomic E-state index is -1.05. The van der Waals surface area contributed by atoms with Crippen LogP contribution in [-0.4, -0.2) is 18.8 Å². The summed E-state index contributed by atoms with van der Waals surface area (Å²) in [4.78, 5) is 0. The van der Waals surface area contributed by atoms with Gasteiger partial charge in [-0.15, -0.1) is 0 Å². The van der Waals surface area contributed by atoms with Gasteiger partial charge in [0.1, 0.15) is 5.67 Å². The molecule has 1 heterocycles. The van der Waals surface area contributed by atoms with Gasteiger partial charge in [-0.25, -0.2) is 4.39 Å². The van der Waals surface area contributed by atoms with Crippen molar-refractivity contribution in [2.75, 3.05) is 13.1 Å². The summed E-state index contributed by atoms with van der Waals surface area (Å²) in [6.45, 7) is 1.44. The van der Waals surface area contributed by atoms with Gasteiger partial charge in [-0.3, -0.25) is 0 Å². The molecule has 0 aromatic heterocycles. The predicted octanol–water partition coefficient (Wildman–Crippen LogP) is 3.08. The zero-order valence-corrected chi connectivity index (χ0v) is 10.2. The number of hydrogen-bond acceptors (Lipinski definition) is 1. The van der Waals surface area contributed by atoms with Gasteiger partial charge in [-0.05, 0) is 37.1 Å². The molecule has 1 aromatic rings. The molecule has 0 aliphatic carbocycles. The van der Waals surface area contributed by atoms with Crippen LogP contribution in [0.1, 0.15) is 18.4 Å². The second kappa shape index (κ2) is 4.62. The average Bonchev–Trinajstić information content (AvgIpc) is 2.22. The lowest BCUT2D eigenvalue weighted by atomic mass is 9.89. The van der Waals surface area contributed by atoms with E-state index in [0.29, 0.717) is 19.4 Å². The maximum atomic E-state index is 14.3. The zero-order chi connectivity index (χ0) is 10.7. The molecule has 0 saturated carbocycles. The molecular formula is C12H15BrFN. The van der Waals surface area contributed by atoms with Crippen molar-refractivity contribution in [1.29, 1.82) is 0 Å². The molecule has 1 N–H and O–H groups in total. The van der Waals surface area contributed by atoms with E-state index in [2.05, 4.69) is 21.2 Å². The van der Waals surface area contributed by atoms with Crippen molar-refractivity contribution in [3.05, 3.63) is 34.3 Å². The third-order valence-electron chi connectivity index (χ3n) is 2.85. The summed E-state index contributed by atoms with van der Waals surface area (Å²) in [5.41, 5.74) is 0.0240. The van der Waals surface area contributed by atoms with Gasteiger partial charge in [0.2, 0.25) is 0 Å². The quantitative estimate of drug-likeness (QED) is 0.872. The van der Waals surface area contributed by atoms with Crippen LogP contribution in [0.5, 0.6) is 0 Å². The van der Waals surface area contributed by atoms with Crippen molar-refractivity contribution in [1.82, 2.24) is 5.32 Å². The molecule has 1 saturated heterocycles. The van der Waals surface area contributed by atoms with Gasteiger partial charge < -0.3 is 5.32 Å². The molecule has 2 rings (SSSR count). The van der Waals surface area contributed by atoms with Crippen molar-refractivity contribution in [2.24, 2.45) is 0 Å². The van der Waals surface area contributed by atoms with E-state index in [9.17, 15) is 4.39 Å². The Morgan fingerprint density at radius 2 is 2.07 bits per heavy atom. The van der Waals surface area contributed by atoms with Gasteiger partial charge in [-0.2, -0.15) is 0 Å². The molecule has 0 radical (unpaired) electrons. The van der Waals surface area contributed by atoms with Gasteiger partial charge in [0.25, 0.3) is 0 Å². The molecule has 1 aliphatic heterocycles. The SMILES string of the molecule is FC1(Cc2ccc(Br)cc2)CCCNC1. The van der Waals surface area contributed by atoms with E-state index in [1.165, 1.54) is 0 Å². The minimum Gasteiger partial charge on any atom is -0.314 e. The van der Waals surface area contributed by atoms with Gasteiger partial charge in [-0.1, -0.05) is 28.1 Å². The molecule has 1 aliphatic rings. The Labute approximate surface area is 98.2 Å². The Morgan fingerprint density at radius 3 is 2.67 bits per heavy atom. The minimum absolute atomic E-state index is 0.489. The first-order valence-electron chi connectivity index (χ1n) is 5.32. The maximum Gasteiger partial charge on any atom is 0.127 e. The Kier molecular flexibility index (Phi) is 3.42. The first kappa shape index (κ1) is 11.1. The van der Waals surface area contributed by atoms with Crippen LogP contribution >= 0.6 is 15.9 Å². The van der Waals surface area contributed by atoms with Crippen molar-refractivity contribution in [2.45, 2.75) is 24.9 Å². The normalized spacial score (nSPS) is 26.5. The molecule has 0 bridgehead atoms. The molecule has 1 nitrogen and oxygen atoms in total. The molecule has 1 fully saturated rings. The fraction of sp³-hybridized carbons (Fsp3) is 0.500. The Balaban J connectivity index is 2.03. The summed E-state index contributed by atoms with van der Waals surface area (Å²) in [6, 6.07) is 7.91. The summed E-state index contributed by atoms with van der Waals surface area (Å²) in [5.74, 6) is 0. The van der Waals surface area contributed by atoms with Gasteiger partial charge >= 0.3 is 0 Å². The fourth-order valence-electron chi connectivity index (χ4n) is 2.05. The topological polar surface area (TPSA) is 12.0 Å². The van der Waals surface area contributed by atoms with E-state index in [4.69, 9.17) is 0 Å². The van der Waals surface area contributed by atoms with E-state index in [-0.39, 0.29) is 0 Å². The number of hydrogen-bond donors (Lipinski definition) is 1. The number of halogens is 2. The number of piperidine rings is 1. The molecule has 1 atom stereocenters. The molecule has 3 heteroatoms. The summed E-state index contributed by atoms with van der Waals surface area (Å²) < 4.78 is 15.3. The second-order valence-electron chi connectivity index (χ2n) is 4.23. The smallest absolute Gasteiger partial charge is 0.127 e. The van der Waals surface area contributed by atoms with Gasteiger partial charge in [0, 0.05) is 17.4 Å². The second-order valence-corrected chi connectivity index (χ2v) is 5.15. The lowest BCUT2D eigenvalue weighted by Crippen LogP contribution is -2.43. The number of benzene rings is 1. The van der Waals surface area contributed by atoms with E-state index in [1.807, 2.05) is 24.3 Å². The summed E-state index contributed by atoms with van der Waals surface area (Å²) in [5, 5.41) is 3.12. The molecule has 0 amide bonds. The maximum absolute atomic E-state index is 14.3. The van der Waals surface area contributed by atoms with Crippen LogP contribution in [0.3, 0.4) is 0 Å². The van der Waals surface area contributed by atoms with Gasteiger partial charge in [0.15, 0.2) is 0 Å².